The molecule has 6 heteroatoms. The van der Waals surface area contributed by atoms with E-state index in [0.29, 0.717) is 32.7 Å². The first-order valence-corrected chi connectivity index (χ1v) is 7.01. The maximum absolute atomic E-state index is 12.1. The number of rotatable bonds is 2. The van der Waals surface area contributed by atoms with Crippen LogP contribution in [-0.2, 0) is 11.3 Å². The second-order valence-corrected chi connectivity index (χ2v) is 5.09. The smallest absolute Gasteiger partial charge is 0.409 e. The lowest BCUT2D eigenvalue weighted by Crippen LogP contribution is -2.53. The van der Waals surface area contributed by atoms with Crippen LogP contribution in [0.25, 0.3) is 0 Å². The van der Waals surface area contributed by atoms with Gasteiger partial charge in [0.15, 0.2) is 0 Å². The molecule has 0 atom stereocenters. The van der Waals surface area contributed by atoms with E-state index in [1.807, 2.05) is 25.1 Å². The Morgan fingerprint density at radius 3 is 2.48 bits per heavy atom. The summed E-state index contributed by atoms with van der Waals surface area (Å²) in [5.74, 6) is 0. The predicted octanol–water partition coefficient (Wildman–Crippen LogP) is 1.59. The third-order valence-electron chi connectivity index (χ3n) is 3.53. The summed E-state index contributed by atoms with van der Waals surface area (Å²) in [6, 6.07) is 7.95. The Morgan fingerprint density at radius 1 is 1.19 bits per heavy atom. The first kappa shape index (κ1) is 15.2. The van der Waals surface area contributed by atoms with Crippen LogP contribution in [0.15, 0.2) is 24.3 Å². The van der Waals surface area contributed by atoms with Gasteiger partial charge < -0.3 is 19.9 Å². The second kappa shape index (κ2) is 6.97. The van der Waals surface area contributed by atoms with Gasteiger partial charge in [0.2, 0.25) is 0 Å². The van der Waals surface area contributed by atoms with Crippen molar-refractivity contribution in [1.29, 1.82) is 0 Å². The molecule has 1 aromatic carbocycles. The molecule has 1 fully saturated rings. The van der Waals surface area contributed by atoms with Crippen LogP contribution in [0.5, 0.6) is 0 Å². The number of amides is 3. The van der Waals surface area contributed by atoms with E-state index >= 15 is 0 Å². The van der Waals surface area contributed by atoms with E-state index in [2.05, 4.69) is 16.1 Å². The SMILES string of the molecule is COC(=O)N1CCN(C(=O)NCc2cccc(C)c2)CC1. The van der Waals surface area contributed by atoms with Crippen molar-refractivity contribution in [2.75, 3.05) is 33.3 Å². The van der Waals surface area contributed by atoms with Crippen molar-refractivity contribution < 1.29 is 14.3 Å². The van der Waals surface area contributed by atoms with Crippen molar-refractivity contribution in [2.24, 2.45) is 0 Å². The van der Waals surface area contributed by atoms with E-state index < -0.39 is 0 Å². The predicted molar refractivity (Wildman–Crippen MR) is 79.0 cm³/mol. The number of carbonyl (C=O) groups excluding carboxylic acids is 2. The molecule has 6 nitrogen and oxygen atoms in total. The maximum Gasteiger partial charge on any atom is 0.409 e. The molecule has 1 heterocycles. The summed E-state index contributed by atoms with van der Waals surface area (Å²) in [4.78, 5) is 26.8. The number of ether oxygens (including phenoxy) is 1. The second-order valence-electron chi connectivity index (χ2n) is 5.09. The van der Waals surface area contributed by atoms with E-state index in [0.717, 1.165) is 5.56 Å². The molecule has 0 spiro atoms. The summed E-state index contributed by atoms with van der Waals surface area (Å²) >= 11 is 0. The Morgan fingerprint density at radius 2 is 1.86 bits per heavy atom. The minimum Gasteiger partial charge on any atom is -0.453 e. The van der Waals surface area contributed by atoms with Crippen LogP contribution in [0.4, 0.5) is 9.59 Å². The van der Waals surface area contributed by atoms with E-state index in [9.17, 15) is 9.59 Å². The fourth-order valence-corrected chi connectivity index (χ4v) is 2.33. The minimum absolute atomic E-state index is 0.0963. The minimum atomic E-state index is -0.338. The zero-order valence-corrected chi connectivity index (χ0v) is 12.5. The van der Waals surface area contributed by atoms with Crippen molar-refractivity contribution in [1.82, 2.24) is 15.1 Å². The lowest BCUT2D eigenvalue weighted by atomic mass is 10.1. The van der Waals surface area contributed by atoms with Gasteiger partial charge in [-0.25, -0.2) is 9.59 Å². The number of carbonyl (C=O) groups is 2. The van der Waals surface area contributed by atoms with Crippen molar-refractivity contribution in [3.8, 4) is 0 Å². The van der Waals surface area contributed by atoms with Crippen LogP contribution in [0, 0.1) is 6.92 Å². The number of methoxy groups -OCH3 is 1. The van der Waals surface area contributed by atoms with Crippen molar-refractivity contribution in [3.05, 3.63) is 35.4 Å². The molecule has 0 aliphatic carbocycles. The molecule has 0 unspecified atom stereocenters. The molecule has 3 amide bonds. The molecule has 1 aliphatic rings. The van der Waals surface area contributed by atoms with Gasteiger partial charge in [0, 0.05) is 32.7 Å². The normalized spacial score (nSPS) is 14.8. The highest BCUT2D eigenvalue weighted by molar-refractivity contribution is 5.75. The van der Waals surface area contributed by atoms with Gasteiger partial charge in [0.1, 0.15) is 0 Å². The summed E-state index contributed by atoms with van der Waals surface area (Å²) in [6.07, 6.45) is -0.338. The Balaban J connectivity index is 1.78. The number of nitrogens with zero attached hydrogens (tertiary/aromatic N) is 2. The van der Waals surface area contributed by atoms with E-state index in [1.165, 1.54) is 12.7 Å². The lowest BCUT2D eigenvalue weighted by Gasteiger charge is -2.33. The van der Waals surface area contributed by atoms with Gasteiger partial charge in [-0.2, -0.15) is 0 Å². The summed E-state index contributed by atoms with van der Waals surface area (Å²) in [7, 11) is 1.36. The van der Waals surface area contributed by atoms with E-state index in [4.69, 9.17) is 0 Å². The zero-order chi connectivity index (χ0) is 15.2. The van der Waals surface area contributed by atoms with Gasteiger partial charge in [-0.05, 0) is 12.5 Å². The molecule has 1 aliphatic heterocycles. The highest BCUT2D eigenvalue weighted by Crippen LogP contribution is 2.06. The highest BCUT2D eigenvalue weighted by Gasteiger charge is 2.24. The van der Waals surface area contributed by atoms with Gasteiger partial charge in [-0.3, -0.25) is 0 Å². The molecule has 2 rings (SSSR count). The van der Waals surface area contributed by atoms with Crippen LogP contribution in [-0.4, -0.2) is 55.2 Å². The van der Waals surface area contributed by atoms with Crippen LogP contribution < -0.4 is 5.32 Å². The number of piperazine rings is 1. The molecule has 0 bridgehead atoms. The van der Waals surface area contributed by atoms with Gasteiger partial charge in [-0.1, -0.05) is 29.8 Å². The summed E-state index contributed by atoms with van der Waals surface area (Å²) in [5, 5.41) is 2.91. The average Bonchev–Trinajstić information content (AvgIpc) is 2.52. The Labute approximate surface area is 124 Å². The Bertz CT molecular complexity index is 511. The number of aryl methyl sites for hydroxylation is 1. The first-order valence-electron chi connectivity index (χ1n) is 7.01. The quantitative estimate of drug-likeness (QED) is 0.900. The molecule has 0 radical (unpaired) electrons. The fraction of sp³-hybridized carbons (Fsp3) is 0.467. The molecular formula is C15H21N3O3. The average molecular weight is 291 g/mol. The Hall–Kier alpha value is -2.24. The van der Waals surface area contributed by atoms with Crippen LogP contribution >= 0.6 is 0 Å². The molecule has 0 aromatic heterocycles. The van der Waals surface area contributed by atoms with Gasteiger partial charge in [0.05, 0.1) is 7.11 Å². The largest absolute Gasteiger partial charge is 0.453 e. The van der Waals surface area contributed by atoms with Crippen molar-refractivity contribution in [3.63, 3.8) is 0 Å². The van der Waals surface area contributed by atoms with Crippen LogP contribution in [0.2, 0.25) is 0 Å². The maximum atomic E-state index is 12.1. The molecular weight excluding hydrogens is 270 g/mol. The third kappa shape index (κ3) is 4.11. The molecule has 21 heavy (non-hydrogen) atoms. The molecule has 1 N–H and O–H groups in total. The topological polar surface area (TPSA) is 61.9 Å². The first-order chi connectivity index (χ1) is 10.1. The van der Waals surface area contributed by atoms with Crippen molar-refractivity contribution >= 4 is 12.1 Å². The lowest BCUT2D eigenvalue weighted by molar-refractivity contribution is 0.0970. The Kier molecular flexibility index (Phi) is 5.03. The third-order valence-corrected chi connectivity index (χ3v) is 3.53. The molecule has 1 saturated heterocycles. The number of urea groups is 1. The van der Waals surface area contributed by atoms with Crippen LogP contribution in [0.3, 0.4) is 0 Å². The van der Waals surface area contributed by atoms with E-state index in [-0.39, 0.29) is 12.1 Å². The summed E-state index contributed by atoms with van der Waals surface area (Å²) in [5.41, 5.74) is 2.25. The standard InChI is InChI=1S/C15H21N3O3/c1-12-4-3-5-13(10-12)11-16-14(19)17-6-8-18(9-7-17)15(20)21-2/h3-5,10H,6-9,11H2,1-2H3,(H,16,19). The number of hydrogen-bond acceptors (Lipinski definition) is 3. The van der Waals surface area contributed by atoms with Gasteiger partial charge in [0.25, 0.3) is 0 Å². The number of benzene rings is 1. The number of hydrogen-bond donors (Lipinski definition) is 1. The van der Waals surface area contributed by atoms with Gasteiger partial charge in [-0.15, -0.1) is 0 Å². The summed E-state index contributed by atoms with van der Waals surface area (Å²) in [6.45, 7) is 4.59. The molecule has 1 aromatic rings. The zero-order valence-electron chi connectivity index (χ0n) is 12.5. The highest BCUT2D eigenvalue weighted by atomic mass is 16.5. The monoisotopic (exact) mass is 291 g/mol. The number of nitrogens with one attached hydrogen (secondary N) is 1. The molecule has 0 saturated carbocycles. The van der Waals surface area contributed by atoms with Crippen LogP contribution in [0.1, 0.15) is 11.1 Å². The summed E-state index contributed by atoms with van der Waals surface area (Å²) < 4.78 is 4.67. The molecule has 114 valence electrons. The van der Waals surface area contributed by atoms with Gasteiger partial charge >= 0.3 is 12.1 Å². The van der Waals surface area contributed by atoms with E-state index in [1.54, 1.807) is 9.80 Å². The van der Waals surface area contributed by atoms with Crippen molar-refractivity contribution in [2.45, 2.75) is 13.5 Å². The fourth-order valence-electron chi connectivity index (χ4n) is 2.33.